The van der Waals surface area contributed by atoms with Crippen LogP contribution in [0.1, 0.15) is 32.6 Å². The number of hydrogen-bond donors (Lipinski definition) is 2. The molecule has 1 aliphatic rings. The smallest absolute Gasteiger partial charge is 0.263 e. The second-order valence-electron chi connectivity index (χ2n) is 6.21. The van der Waals surface area contributed by atoms with Crippen LogP contribution in [-0.2, 0) is 9.59 Å². The number of nitrogens with one attached hydrogen (secondary N) is 1. The summed E-state index contributed by atoms with van der Waals surface area (Å²) in [6.07, 6.45) is 2.53. The first-order valence-corrected chi connectivity index (χ1v) is 9.09. The number of carbonyl (C=O) groups excluding carboxylic acids is 2. The third-order valence-corrected chi connectivity index (χ3v) is 4.62. The lowest BCUT2D eigenvalue weighted by Crippen LogP contribution is -2.53. The van der Waals surface area contributed by atoms with Crippen molar-refractivity contribution in [1.82, 2.24) is 10.2 Å². The number of likely N-dealkylation sites (tertiary alicyclic amines) is 1. The summed E-state index contributed by atoms with van der Waals surface area (Å²) in [4.78, 5) is 26.3. The second-order valence-corrected chi connectivity index (χ2v) is 6.62. The van der Waals surface area contributed by atoms with Gasteiger partial charge in [-0.05, 0) is 38.3 Å². The van der Waals surface area contributed by atoms with Gasteiger partial charge in [-0.3, -0.25) is 9.59 Å². The monoisotopic (exact) mass is 403 g/mol. The van der Waals surface area contributed by atoms with Crippen LogP contribution in [-0.4, -0.2) is 48.5 Å². The van der Waals surface area contributed by atoms with Gasteiger partial charge in [0.15, 0.2) is 6.10 Å². The molecule has 0 aliphatic carbocycles. The first kappa shape index (κ1) is 22.5. The molecule has 1 aromatic carbocycles. The zero-order valence-electron chi connectivity index (χ0n) is 14.9. The largest absolute Gasteiger partial charge is 0.479 e. The summed E-state index contributed by atoms with van der Waals surface area (Å²) in [6, 6.07) is 7.08. The summed E-state index contributed by atoms with van der Waals surface area (Å²) in [5.41, 5.74) is 5.39. The van der Waals surface area contributed by atoms with Crippen molar-refractivity contribution in [2.24, 2.45) is 5.73 Å². The molecule has 0 spiro atoms. The van der Waals surface area contributed by atoms with Gasteiger partial charge in [-0.2, -0.15) is 0 Å². The quantitative estimate of drug-likeness (QED) is 0.731. The minimum atomic E-state index is -0.639. The standard InChI is InChI=1S/C18H26ClN3O3.ClH/c1-13(25-16-8-3-2-7-15(16)19)18(24)22-11-5-4-6-14(22)12-21-17(23)9-10-20;/h2-3,7-8,13-14H,4-6,9-12,20H2,1H3,(H,21,23);1H. The minimum Gasteiger partial charge on any atom is -0.479 e. The Morgan fingerprint density at radius 2 is 2.12 bits per heavy atom. The number of hydrogen-bond acceptors (Lipinski definition) is 4. The van der Waals surface area contributed by atoms with Crippen molar-refractivity contribution in [1.29, 1.82) is 0 Å². The fourth-order valence-electron chi connectivity index (χ4n) is 2.97. The summed E-state index contributed by atoms with van der Waals surface area (Å²) in [5, 5.41) is 3.34. The highest BCUT2D eigenvalue weighted by Crippen LogP contribution is 2.25. The van der Waals surface area contributed by atoms with Gasteiger partial charge in [-0.15, -0.1) is 12.4 Å². The third-order valence-electron chi connectivity index (χ3n) is 4.30. The third kappa shape index (κ3) is 6.34. The van der Waals surface area contributed by atoms with Gasteiger partial charge in [-0.25, -0.2) is 0 Å². The first-order valence-electron chi connectivity index (χ1n) is 8.71. The number of benzene rings is 1. The molecule has 2 atom stereocenters. The fourth-order valence-corrected chi connectivity index (χ4v) is 3.15. The summed E-state index contributed by atoms with van der Waals surface area (Å²) >= 11 is 6.09. The van der Waals surface area contributed by atoms with Gasteiger partial charge in [0.25, 0.3) is 5.91 Å². The van der Waals surface area contributed by atoms with Crippen LogP contribution in [0.5, 0.6) is 5.75 Å². The van der Waals surface area contributed by atoms with Gasteiger partial charge in [0.2, 0.25) is 5.91 Å². The number of amides is 2. The predicted molar refractivity (Wildman–Crippen MR) is 105 cm³/mol. The maximum absolute atomic E-state index is 12.8. The molecule has 6 nitrogen and oxygen atoms in total. The zero-order valence-corrected chi connectivity index (χ0v) is 16.5. The van der Waals surface area contributed by atoms with E-state index in [-0.39, 0.29) is 30.3 Å². The number of ether oxygens (including phenoxy) is 1. The Morgan fingerprint density at radius 1 is 1.38 bits per heavy atom. The molecule has 26 heavy (non-hydrogen) atoms. The highest BCUT2D eigenvalue weighted by atomic mass is 35.5. The maximum Gasteiger partial charge on any atom is 0.263 e. The lowest BCUT2D eigenvalue weighted by atomic mass is 10.0. The van der Waals surface area contributed by atoms with Crippen molar-refractivity contribution in [3.8, 4) is 5.75 Å². The molecule has 2 rings (SSSR count). The van der Waals surface area contributed by atoms with E-state index in [1.54, 1.807) is 19.1 Å². The van der Waals surface area contributed by atoms with Gasteiger partial charge in [0.05, 0.1) is 5.02 Å². The Labute approximate surface area is 165 Å². The molecular formula is C18H27Cl2N3O3. The van der Waals surface area contributed by atoms with E-state index in [0.29, 0.717) is 36.8 Å². The van der Waals surface area contributed by atoms with Gasteiger partial charge in [0.1, 0.15) is 5.75 Å². The van der Waals surface area contributed by atoms with E-state index in [1.165, 1.54) is 0 Å². The highest BCUT2D eigenvalue weighted by molar-refractivity contribution is 6.32. The summed E-state index contributed by atoms with van der Waals surface area (Å²) in [7, 11) is 0. The molecule has 2 unspecified atom stereocenters. The number of nitrogens with zero attached hydrogens (tertiary/aromatic N) is 1. The van der Waals surface area contributed by atoms with Crippen LogP contribution < -0.4 is 15.8 Å². The Morgan fingerprint density at radius 3 is 2.81 bits per heavy atom. The lowest BCUT2D eigenvalue weighted by Gasteiger charge is -2.37. The Bertz CT molecular complexity index is 601. The Hall–Kier alpha value is -1.50. The Kier molecular flexibility index (Phi) is 9.76. The molecule has 146 valence electrons. The number of halogens is 2. The van der Waals surface area contributed by atoms with Crippen LogP contribution in [0.15, 0.2) is 24.3 Å². The van der Waals surface area contributed by atoms with Gasteiger partial charge in [0, 0.05) is 32.1 Å². The molecule has 1 fully saturated rings. The number of para-hydroxylation sites is 1. The maximum atomic E-state index is 12.8. The van der Waals surface area contributed by atoms with Crippen molar-refractivity contribution in [2.75, 3.05) is 19.6 Å². The number of nitrogens with two attached hydrogens (primary N) is 1. The molecule has 0 bridgehead atoms. The molecule has 3 N–H and O–H groups in total. The molecule has 1 saturated heterocycles. The van der Waals surface area contributed by atoms with Crippen molar-refractivity contribution in [3.63, 3.8) is 0 Å². The molecule has 1 aromatic rings. The molecule has 0 aromatic heterocycles. The van der Waals surface area contributed by atoms with E-state index in [2.05, 4.69) is 5.32 Å². The van der Waals surface area contributed by atoms with E-state index < -0.39 is 6.10 Å². The molecule has 1 heterocycles. The Balaban J connectivity index is 0.00000338. The molecule has 1 aliphatic heterocycles. The average Bonchev–Trinajstić information content (AvgIpc) is 2.61. The van der Waals surface area contributed by atoms with Gasteiger partial charge >= 0.3 is 0 Å². The summed E-state index contributed by atoms with van der Waals surface area (Å²) in [6.45, 7) is 3.17. The van der Waals surface area contributed by atoms with Gasteiger partial charge in [-0.1, -0.05) is 23.7 Å². The van der Waals surface area contributed by atoms with Crippen LogP contribution in [0, 0.1) is 0 Å². The van der Waals surface area contributed by atoms with Crippen LogP contribution in [0.4, 0.5) is 0 Å². The van der Waals surface area contributed by atoms with E-state index in [1.807, 2.05) is 17.0 Å². The number of piperidine rings is 1. The van der Waals surface area contributed by atoms with Crippen molar-refractivity contribution in [3.05, 3.63) is 29.3 Å². The average molecular weight is 404 g/mol. The zero-order chi connectivity index (χ0) is 18.2. The molecule has 0 saturated carbocycles. The topological polar surface area (TPSA) is 84.7 Å². The summed E-state index contributed by atoms with van der Waals surface area (Å²) in [5.74, 6) is 0.327. The molecule has 8 heteroatoms. The molecule has 0 radical (unpaired) electrons. The summed E-state index contributed by atoms with van der Waals surface area (Å²) < 4.78 is 5.75. The minimum absolute atomic E-state index is 0. The lowest BCUT2D eigenvalue weighted by molar-refractivity contribution is -0.142. The normalized spacial score (nSPS) is 17.8. The van der Waals surface area contributed by atoms with E-state index in [9.17, 15) is 9.59 Å². The van der Waals surface area contributed by atoms with Crippen LogP contribution in [0.2, 0.25) is 5.02 Å². The van der Waals surface area contributed by atoms with Crippen molar-refractivity contribution < 1.29 is 14.3 Å². The van der Waals surface area contributed by atoms with Crippen LogP contribution in [0.25, 0.3) is 0 Å². The van der Waals surface area contributed by atoms with E-state index in [4.69, 9.17) is 22.1 Å². The number of carbonyl (C=O) groups is 2. The van der Waals surface area contributed by atoms with Crippen molar-refractivity contribution >= 4 is 35.8 Å². The number of rotatable bonds is 7. The molecular weight excluding hydrogens is 377 g/mol. The van der Waals surface area contributed by atoms with E-state index in [0.717, 1.165) is 19.3 Å². The van der Waals surface area contributed by atoms with Gasteiger partial charge < -0.3 is 20.7 Å². The SMILES string of the molecule is CC(Oc1ccccc1Cl)C(=O)N1CCCCC1CNC(=O)CCN.Cl. The van der Waals surface area contributed by atoms with E-state index >= 15 is 0 Å². The second kappa shape index (κ2) is 11.3. The molecule has 2 amide bonds. The van der Waals surface area contributed by atoms with Crippen LogP contribution >= 0.6 is 24.0 Å². The first-order chi connectivity index (χ1) is 12.0. The van der Waals surface area contributed by atoms with Crippen LogP contribution in [0.3, 0.4) is 0 Å². The highest BCUT2D eigenvalue weighted by Gasteiger charge is 2.31. The fraction of sp³-hybridized carbons (Fsp3) is 0.556. The predicted octanol–water partition coefficient (Wildman–Crippen LogP) is 2.38. The van der Waals surface area contributed by atoms with Crippen molar-refractivity contribution in [2.45, 2.75) is 44.8 Å².